The highest BCUT2D eigenvalue weighted by molar-refractivity contribution is 5.25. The van der Waals surface area contributed by atoms with Crippen molar-refractivity contribution in [1.29, 1.82) is 0 Å². The van der Waals surface area contributed by atoms with Crippen LogP contribution in [0.2, 0.25) is 0 Å². The number of rotatable bonds is 4. The SMILES string of the molecule is FC(F)(F)c1ccnc(NCCC2CCC2)n1. The summed E-state index contributed by atoms with van der Waals surface area (Å²) >= 11 is 0. The standard InChI is InChI=1S/C11H14F3N3/c12-11(13,14)9-5-7-16-10(17-9)15-6-4-8-2-1-3-8/h5,7-8H,1-4,6H2,(H,15,16,17). The van der Waals surface area contributed by atoms with Crippen molar-refractivity contribution >= 4 is 5.95 Å². The third kappa shape index (κ3) is 3.31. The second-order valence-corrected chi connectivity index (χ2v) is 4.28. The number of hydrogen-bond acceptors (Lipinski definition) is 3. The first-order chi connectivity index (χ1) is 8.05. The smallest absolute Gasteiger partial charge is 0.354 e. The number of nitrogens with zero attached hydrogens (tertiary/aromatic N) is 2. The number of nitrogens with one attached hydrogen (secondary N) is 1. The zero-order valence-corrected chi connectivity index (χ0v) is 9.30. The Balaban J connectivity index is 1.87. The molecule has 0 aliphatic heterocycles. The fourth-order valence-electron chi connectivity index (χ4n) is 1.77. The van der Waals surface area contributed by atoms with E-state index in [9.17, 15) is 13.2 Å². The predicted molar refractivity (Wildman–Crippen MR) is 57.5 cm³/mol. The topological polar surface area (TPSA) is 37.8 Å². The first-order valence-corrected chi connectivity index (χ1v) is 5.70. The van der Waals surface area contributed by atoms with Crippen LogP contribution in [0.3, 0.4) is 0 Å². The maximum absolute atomic E-state index is 12.4. The Morgan fingerprint density at radius 1 is 1.35 bits per heavy atom. The summed E-state index contributed by atoms with van der Waals surface area (Å²) in [6.07, 6.45) is 1.41. The molecule has 0 atom stereocenters. The molecule has 0 aromatic carbocycles. The van der Waals surface area contributed by atoms with Crippen molar-refractivity contribution < 1.29 is 13.2 Å². The maximum atomic E-state index is 12.4. The summed E-state index contributed by atoms with van der Waals surface area (Å²) in [7, 11) is 0. The molecule has 1 N–H and O–H groups in total. The fourth-order valence-corrected chi connectivity index (χ4v) is 1.77. The van der Waals surface area contributed by atoms with Gasteiger partial charge in [0.2, 0.25) is 5.95 Å². The van der Waals surface area contributed by atoms with Crippen LogP contribution < -0.4 is 5.32 Å². The number of aromatic nitrogens is 2. The minimum absolute atomic E-state index is 0.0548. The molecule has 2 rings (SSSR count). The van der Waals surface area contributed by atoms with Crippen molar-refractivity contribution in [3.05, 3.63) is 18.0 Å². The van der Waals surface area contributed by atoms with Crippen LogP contribution in [0.5, 0.6) is 0 Å². The van der Waals surface area contributed by atoms with E-state index in [1.54, 1.807) is 0 Å². The van der Waals surface area contributed by atoms with E-state index in [2.05, 4.69) is 15.3 Å². The summed E-state index contributed by atoms with van der Waals surface area (Å²) < 4.78 is 37.1. The van der Waals surface area contributed by atoms with E-state index in [-0.39, 0.29) is 5.95 Å². The van der Waals surface area contributed by atoms with E-state index < -0.39 is 11.9 Å². The molecule has 1 saturated carbocycles. The van der Waals surface area contributed by atoms with E-state index in [4.69, 9.17) is 0 Å². The molecular formula is C11H14F3N3. The molecule has 0 saturated heterocycles. The monoisotopic (exact) mass is 245 g/mol. The van der Waals surface area contributed by atoms with Crippen LogP contribution in [0, 0.1) is 5.92 Å². The predicted octanol–water partition coefficient (Wildman–Crippen LogP) is 3.10. The number of alkyl halides is 3. The van der Waals surface area contributed by atoms with Crippen LogP contribution in [-0.2, 0) is 6.18 Å². The van der Waals surface area contributed by atoms with Crippen LogP contribution in [0.25, 0.3) is 0 Å². The highest BCUT2D eigenvalue weighted by Crippen LogP contribution is 2.29. The van der Waals surface area contributed by atoms with Gasteiger partial charge < -0.3 is 5.32 Å². The summed E-state index contributed by atoms with van der Waals surface area (Å²) in [5.41, 5.74) is -0.904. The van der Waals surface area contributed by atoms with Gasteiger partial charge in [0.15, 0.2) is 0 Å². The molecule has 0 radical (unpaired) electrons. The Kier molecular flexibility index (Phi) is 3.49. The number of halogens is 3. The second kappa shape index (κ2) is 4.89. The van der Waals surface area contributed by atoms with E-state index in [0.29, 0.717) is 12.5 Å². The lowest BCUT2D eigenvalue weighted by Gasteiger charge is -2.25. The molecular weight excluding hydrogens is 231 g/mol. The molecule has 1 aliphatic rings. The van der Waals surface area contributed by atoms with Crippen molar-refractivity contribution in [2.45, 2.75) is 31.9 Å². The Labute approximate surface area is 97.5 Å². The molecule has 0 spiro atoms. The molecule has 3 nitrogen and oxygen atoms in total. The van der Waals surface area contributed by atoms with Crippen LogP contribution in [0.1, 0.15) is 31.4 Å². The van der Waals surface area contributed by atoms with Crippen molar-refractivity contribution in [3.63, 3.8) is 0 Å². The lowest BCUT2D eigenvalue weighted by Crippen LogP contribution is -2.17. The van der Waals surface area contributed by atoms with Gasteiger partial charge in [0.05, 0.1) is 0 Å². The Bertz CT molecular complexity index is 374. The van der Waals surface area contributed by atoms with Crippen LogP contribution in [0.4, 0.5) is 19.1 Å². The van der Waals surface area contributed by atoms with Crippen LogP contribution in [0.15, 0.2) is 12.3 Å². The van der Waals surface area contributed by atoms with E-state index in [1.165, 1.54) is 19.3 Å². The normalized spacial score (nSPS) is 16.6. The lowest BCUT2D eigenvalue weighted by molar-refractivity contribution is -0.141. The molecule has 1 aliphatic carbocycles. The molecule has 0 amide bonds. The van der Waals surface area contributed by atoms with Crippen molar-refractivity contribution in [1.82, 2.24) is 9.97 Å². The third-order valence-corrected chi connectivity index (χ3v) is 3.01. The van der Waals surface area contributed by atoms with E-state index in [0.717, 1.165) is 18.7 Å². The van der Waals surface area contributed by atoms with Crippen molar-refractivity contribution in [3.8, 4) is 0 Å². The highest BCUT2D eigenvalue weighted by Gasteiger charge is 2.32. The molecule has 17 heavy (non-hydrogen) atoms. The number of hydrogen-bond donors (Lipinski definition) is 1. The lowest BCUT2D eigenvalue weighted by atomic mass is 9.83. The maximum Gasteiger partial charge on any atom is 0.433 e. The first kappa shape index (κ1) is 12.1. The molecule has 1 heterocycles. The van der Waals surface area contributed by atoms with E-state index in [1.807, 2.05) is 0 Å². The zero-order valence-electron chi connectivity index (χ0n) is 9.30. The molecule has 0 bridgehead atoms. The molecule has 1 aromatic heterocycles. The minimum Gasteiger partial charge on any atom is -0.354 e. The molecule has 1 aromatic rings. The summed E-state index contributed by atoms with van der Waals surface area (Å²) in [6.45, 7) is 0.631. The van der Waals surface area contributed by atoms with Gasteiger partial charge in [0.1, 0.15) is 5.69 Å². The Morgan fingerprint density at radius 3 is 2.71 bits per heavy atom. The van der Waals surface area contributed by atoms with Crippen LogP contribution >= 0.6 is 0 Å². The first-order valence-electron chi connectivity index (χ1n) is 5.70. The summed E-state index contributed by atoms with van der Waals surface area (Å²) in [4.78, 5) is 7.21. The largest absolute Gasteiger partial charge is 0.433 e. The van der Waals surface area contributed by atoms with Gasteiger partial charge in [-0.05, 0) is 18.4 Å². The van der Waals surface area contributed by atoms with E-state index >= 15 is 0 Å². The molecule has 1 fully saturated rings. The van der Waals surface area contributed by atoms with Gasteiger partial charge in [-0.2, -0.15) is 13.2 Å². The third-order valence-electron chi connectivity index (χ3n) is 3.01. The molecule has 94 valence electrons. The van der Waals surface area contributed by atoms with Gasteiger partial charge in [0, 0.05) is 12.7 Å². The molecule has 6 heteroatoms. The van der Waals surface area contributed by atoms with Gasteiger partial charge in [-0.25, -0.2) is 9.97 Å². The zero-order chi connectivity index (χ0) is 12.3. The average Bonchev–Trinajstić information content (AvgIpc) is 2.21. The summed E-state index contributed by atoms with van der Waals surface area (Å²) in [6, 6.07) is 0.872. The Morgan fingerprint density at radius 2 is 2.12 bits per heavy atom. The van der Waals surface area contributed by atoms with Gasteiger partial charge in [-0.15, -0.1) is 0 Å². The average molecular weight is 245 g/mol. The minimum atomic E-state index is -4.41. The van der Waals surface area contributed by atoms with Gasteiger partial charge in [-0.1, -0.05) is 19.3 Å². The van der Waals surface area contributed by atoms with Gasteiger partial charge >= 0.3 is 6.18 Å². The quantitative estimate of drug-likeness (QED) is 0.885. The summed E-state index contributed by atoms with van der Waals surface area (Å²) in [5, 5.41) is 2.83. The fraction of sp³-hybridized carbons (Fsp3) is 0.636. The molecule has 0 unspecified atom stereocenters. The van der Waals surface area contributed by atoms with Gasteiger partial charge in [-0.3, -0.25) is 0 Å². The van der Waals surface area contributed by atoms with Crippen molar-refractivity contribution in [2.75, 3.05) is 11.9 Å². The Hall–Kier alpha value is -1.33. The van der Waals surface area contributed by atoms with Gasteiger partial charge in [0.25, 0.3) is 0 Å². The number of anilines is 1. The van der Waals surface area contributed by atoms with Crippen LogP contribution in [-0.4, -0.2) is 16.5 Å². The highest BCUT2D eigenvalue weighted by atomic mass is 19.4. The second-order valence-electron chi connectivity index (χ2n) is 4.28. The summed E-state index contributed by atoms with van der Waals surface area (Å²) in [5.74, 6) is 0.771. The van der Waals surface area contributed by atoms with Crippen molar-refractivity contribution in [2.24, 2.45) is 5.92 Å².